The first kappa shape index (κ1) is 15.9. The van der Waals surface area contributed by atoms with E-state index in [1.54, 1.807) is 11.1 Å². The summed E-state index contributed by atoms with van der Waals surface area (Å²) < 4.78 is 24.5. The maximum Gasteiger partial charge on any atom is 0.244 e. The minimum Gasteiger partial charge on any atom is -0.396 e. The average molecular weight is 316 g/mol. The highest BCUT2D eigenvalue weighted by Crippen LogP contribution is 2.18. The van der Waals surface area contributed by atoms with E-state index >= 15 is 0 Å². The maximum absolute atomic E-state index is 12.3. The van der Waals surface area contributed by atoms with Gasteiger partial charge in [0.05, 0.1) is 17.2 Å². The number of nitrogens with zero attached hydrogens (tertiary/aromatic N) is 4. The van der Waals surface area contributed by atoms with Gasteiger partial charge in [-0.3, -0.25) is 4.79 Å². The quantitative estimate of drug-likeness (QED) is 0.710. The van der Waals surface area contributed by atoms with Crippen LogP contribution in [0, 0.1) is 0 Å². The Hall–Kier alpha value is -1.48. The fourth-order valence-corrected chi connectivity index (χ4v) is 4.26. The van der Waals surface area contributed by atoms with Crippen molar-refractivity contribution in [3.8, 4) is 0 Å². The second-order valence-corrected chi connectivity index (χ2v) is 7.35. The van der Waals surface area contributed by atoms with Gasteiger partial charge in [-0.2, -0.15) is 0 Å². The van der Waals surface area contributed by atoms with Gasteiger partial charge in [0.2, 0.25) is 5.91 Å². The van der Waals surface area contributed by atoms with Gasteiger partial charge >= 0.3 is 0 Å². The molecule has 0 aliphatic carbocycles. The summed E-state index contributed by atoms with van der Waals surface area (Å²) in [5.74, 6) is 0.0190. The highest BCUT2D eigenvalue weighted by molar-refractivity contribution is 7.91. The molecule has 0 saturated carbocycles. The van der Waals surface area contributed by atoms with Crippen molar-refractivity contribution in [1.82, 2.24) is 19.9 Å². The zero-order chi connectivity index (χ0) is 15.5. The number of aromatic nitrogens is 3. The van der Waals surface area contributed by atoms with Crippen LogP contribution < -0.4 is 0 Å². The molecule has 1 fully saturated rings. The van der Waals surface area contributed by atoms with Crippen LogP contribution in [0.3, 0.4) is 0 Å². The van der Waals surface area contributed by atoms with Gasteiger partial charge in [-0.15, -0.1) is 5.10 Å². The largest absolute Gasteiger partial charge is 0.396 e. The SMILES string of the molecule is CCN(C(=O)Cn1cc(CCO)nn1)C1CCS(=O)(=O)C1. The predicted octanol–water partition coefficient (Wildman–Crippen LogP) is -1.15. The van der Waals surface area contributed by atoms with Crippen LogP contribution in [0.25, 0.3) is 0 Å². The summed E-state index contributed by atoms with van der Waals surface area (Å²) in [4.78, 5) is 13.9. The number of sulfone groups is 1. The molecule has 2 rings (SSSR count). The predicted molar refractivity (Wildman–Crippen MR) is 75.3 cm³/mol. The van der Waals surface area contributed by atoms with Crippen LogP contribution in [-0.2, 0) is 27.6 Å². The number of carbonyl (C=O) groups is 1. The summed E-state index contributed by atoms with van der Waals surface area (Å²) in [6, 6.07) is -0.243. The van der Waals surface area contributed by atoms with E-state index in [1.807, 2.05) is 6.92 Å². The molecular formula is C12H20N4O4S. The van der Waals surface area contributed by atoms with Gasteiger partial charge in [0.1, 0.15) is 6.54 Å². The third-order valence-corrected chi connectivity index (χ3v) is 5.31. The number of aliphatic hydroxyl groups excluding tert-OH is 1. The summed E-state index contributed by atoms with van der Waals surface area (Å²) in [5, 5.41) is 16.5. The molecule has 0 radical (unpaired) electrons. The average Bonchev–Trinajstić information content (AvgIpc) is 2.98. The molecule has 0 spiro atoms. The lowest BCUT2D eigenvalue weighted by Gasteiger charge is -2.26. The fourth-order valence-electron chi connectivity index (χ4n) is 2.53. The molecule has 1 atom stereocenters. The Labute approximate surface area is 123 Å². The van der Waals surface area contributed by atoms with Crippen molar-refractivity contribution in [2.75, 3.05) is 24.7 Å². The van der Waals surface area contributed by atoms with Crippen LogP contribution in [0.4, 0.5) is 0 Å². The number of aliphatic hydroxyl groups is 1. The molecule has 8 nitrogen and oxygen atoms in total. The molecule has 9 heteroatoms. The molecule has 1 N–H and O–H groups in total. The normalized spacial score (nSPS) is 20.6. The highest BCUT2D eigenvalue weighted by Gasteiger charge is 2.33. The van der Waals surface area contributed by atoms with Gasteiger partial charge in [-0.25, -0.2) is 13.1 Å². The molecule has 1 aliphatic heterocycles. The lowest BCUT2D eigenvalue weighted by molar-refractivity contribution is -0.133. The maximum atomic E-state index is 12.3. The van der Waals surface area contributed by atoms with Gasteiger partial charge in [0.25, 0.3) is 0 Å². The Morgan fingerprint density at radius 2 is 2.33 bits per heavy atom. The first-order valence-electron chi connectivity index (χ1n) is 6.95. The third kappa shape index (κ3) is 4.01. The van der Waals surface area contributed by atoms with Gasteiger partial charge < -0.3 is 10.0 Å². The second-order valence-electron chi connectivity index (χ2n) is 5.12. The zero-order valence-corrected chi connectivity index (χ0v) is 12.8. The number of carbonyl (C=O) groups excluding carboxylic acids is 1. The van der Waals surface area contributed by atoms with Crippen molar-refractivity contribution < 1.29 is 18.3 Å². The van der Waals surface area contributed by atoms with E-state index in [0.717, 1.165) is 0 Å². The van der Waals surface area contributed by atoms with Crippen molar-refractivity contribution in [2.45, 2.75) is 32.4 Å². The third-order valence-electron chi connectivity index (χ3n) is 3.56. The van der Waals surface area contributed by atoms with E-state index in [0.29, 0.717) is 25.1 Å². The first-order chi connectivity index (χ1) is 9.95. The number of hydrogen-bond acceptors (Lipinski definition) is 6. The van der Waals surface area contributed by atoms with E-state index in [-0.39, 0.29) is 36.6 Å². The van der Waals surface area contributed by atoms with E-state index in [4.69, 9.17) is 5.11 Å². The summed E-state index contributed by atoms with van der Waals surface area (Å²) >= 11 is 0. The number of likely N-dealkylation sites (N-methyl/N-ethyl adjacent to an activating group) is 1. The van der Waals surface area contributed by atoms with Gasteiger partial charge in [-0.1, -0.05) is 5.21 Å². The molecule has 1 aromatic heterocycles. The molecular weight excluding hydrogens is 296 g/mol. The number of rotatable bonds is 6. The Balaban J connectivity index is 1.99. The molecule has 1 unspecified atom stereocenters. The number of hydrogen-bond donors (Lipinski definition) is 1. The topological polar surface area (TPSA) is 105 Å². The summed E-state index contributed by atoms with van der Waals surface area (Å²) in [6.45, 7) is 2.31. The summed E-state index contributed by atoms with van der Waals surface area (Å²) in [5.41, 5.74) is 0.622. The highest BCUT2D eigenvalue weighted by atomic mass is 32.2. The Bertz CT molecular complexity index is 598. The standard InChI is InChI=1S/C12H20N4O4S/c1-2-16(11-4-6-21(19,20)9-11)12(18)8-15-7-10(3-5-17)13-14-15/h7,11,17H,2-6,8-9H2,1H3. The first-order valence-corrected chi connectivity index (χ1v) is 8.77. The fraction of sp³-hybridized carbons (Fsp3) is 0.750. The Kier molecular flexibility index (Phi) is 4.94. The molecule has 1 amide bonds. The molecule has 0 aromatic carbocycles. The van der Waals surface area contributed by atoms with Crippen molar-refractivity contribution in [2.24, 2.45) is 0 Å². The van der Waals surface area contributed by atoms with Crippen molar-refractivity contribution in [3.05, 3.63) is 11.9 Å². The van der Waals surface area contributed by atoms with Crippen LogP contribution >= 0.6 is 0 Å². The monoisotopic (exact) mass is 316 g/mol. The number of amides is 1. The van der Waals surface area contributed by atoms with Crippen LogP contribution in [0.15, 0.2) is 6.20 Å². The molecule has 2 heterocycles. The summed E-state index contributed by atoms with van der Waals surface area (Å²) in [6.07, 6.45) is 2.51. The van der Waals surface area contributed by atoms with Crippen LogP contribution in [0.5, 0.6) is 0 Å². The molecule has 1 aliphatic rings. The van der Waals surface area contributed by atoms with Gasteiger partial charge in [0.15, 0.2) is 9.84 Å². The van der Waals surface area contributed by atoms with Crippen molar-refractivity contribution >= 4 is 15.7 Å². The minimum absolute atomic E-state index is 0.0202. The zero-order valence-electron chi connectivity index (χ0n) is 12.0. The Morgan fingerprint density at radius 3 is 2.90 bits per heavy atom. The lowest BCUT2D eigenvalue weighted by atomic mass is 10.2. The van der Waals surface area contributed by atoms with Gasteiger partial charge in [0, 0.05) is 31.8 Å². The second kappa shape index (κ2) is 6.52. The molecule has 118 valence electrons. The van der Waals surface area contributed by atoms with E-state index in [9.17, 15) is 13.2 Å². The van der Waals surface area contributed by atoms with E-state index in [1.165, 1.54) is 4.68 Å². The van der Waals surface area contributed by atoms with E-state index < -0.39 is 9.84 Å². The smallest absolute Gasteiger partial charge is 0.244 e. The molecule has 1 saturated heterocycles. The van der Waals surface area contributed by atoms with Gasteiger partial charge in [-0.05, 0) is 13.3 Å². The van der Waals surface area contributed by atoms with Crippen LogP contribution in [-0.4, -0.2) is 70.0 Å². The Morgan fingerprint density at radius 1 is 1.57 bits per heavy atom. The molecule has 0 bridgehead atoms. The minimum atomic E-state index is -3.02. The van der Waals surface area contributed by atoms with Crippen LogP contribution in [0.2, 0.25) is 0 Å². The lowest BCUT2D eigenvalue weighted by Crippen LogP contribution is -2.42. The van der Waals surface area contributed by atoms with Crippen LogP contribution in [0.1, 0.15) is 19.0 Å². The molecule has 21 heavy (non-hydrogen) atoms. The van der Waals surface area contributed by atoms with Crippen molar-refractivity contribution in [1.29, 1.82) is 0 Å². The van der Waals surface area contributed by atoms with Crippen molar-refractivity contribution in [3.63, 3.8) is 0 Å². The van der Waals surface area contributed by atoms with E-state index in [2.05, 4.69) is 10.3 Å². The summed E-state index contributed by atoms with van der Waals surface area (Å²) in [7, 11) is -3.02. The molecule has 1 aromatic rings.